The zero-order chi connectivity index (χ0) is 74.3. The number of fused-ring (bicyclic) bond motifs is 4. The second-order valence-electron chi connectivity index (χ2n) is 20.0. The molecule has 0 unspecified atom stereocenters. The number of hydrogen-bond donors (Lipinski definition) is 0. The summed E-state index contributed by atoms with van der Waals surface area (Å²) in [5.41, 5.74) is 14.3. The molecule has 0 spiro atoms. The summed E-state index contributed by atoms with van der Waals surface area (Å²) in [5.74, 6) is 0. The molecule has 0 nitrogen and oxygen atoms in total. The van der Waals surface area contributed by atoms with E-state index >= 15 is 0 Å². The first-order chi connectivity index (χ1) is 48.8. The molecule has 14 rings (SSSR count). The fourth-order valence-electron chi connectivity index (χ4n) is 9.30. The summed E-state index contributed by atoms with van der Waals surface area (Å²) in [6.07, 6.45) is 0. The van der Waals surface area contributed by atoms with Crippen LogP contribution in [-0.4, -0.2) is 0 Å². The van der Waals surface area contributed by atoms with Gasteiger partial charge in [0.1, 0.15) is 0 Å². The second kappa shape index (κ2) is 61.7. The Morgan fingerprint density at radius 3 is 0.576 bits per heavy atom. The van der Waals surface area contributed by atoms with Gasteiger partial charge in [0.2, 0.25) is 0 Å². The van der Waals surface area contributed by atoms with Crippen LogP contribution in [0.2, 0.25) is 0 Å². The average molecular weight is 1320 g/mol. The SMILES string of the molecule is CC.CC.CC.CC.CC.CC.CC.CC.CC.Cc1ccc2ccccc2c1.Cc1ccc2ccccc2c1.Cc1cccc2ccccc12.Cc1cccc2ccccc12.Cc1ccccc1.c1ccc(-c2ccc(-c3ccccc3)cc2)cc1.c1ccc(-c2ccccc2)cc1. The van der Waals surface area contributed by atoms with Crippen molar-refractivity contribution in [1.29, 1.82) is 0 Å². The Bertz CT molecular complexity index is 3780. The van der Waals surface area contributed by atoms with Gasteiger partial charge in [-0.05, 0) is 122 Å². The highest BCUT2D eigenvalue weighted by atomic mass is 14.0. The smallest absolute Gasteiger partial charge is 0.0155 e. The third-order valence-corrected chi connectivity index (χ3v) is 13.7. The van der Waals surface area contributed by atoms with Crippen molar-refractivity contribution in [3.8, 4) is 33.4 Å². The van der Waals surface area contributed by atoms with Gasteiger partial charge in [-0.2, -0.15) is 0 Å². The summed E-state index contributed by atoms with van der Waals surface area (Å²) in [4.78, 5) is 0. The molecular weight excluding hydrogens is 1190 g/mol. The predicted molar refractivity (Wildman–Crippen MR) is 457 cm³/mol. The Kier molecular flexibility index (Phi) is 56.8. The maximum Gasteiger partial charge on any atom is -0.0155 e. The van der Waals surface area contributed by atoms with Crippen LogP contribution in [-0.2, 0) is 0 Å². The lowest BCUT2D eigenvalue weighted by atomic mass is 10.0. The lowest BCUT2D eigenvalue weighted by Crippen LogP contribution is -1.79. The van der Waals surface area contributed by atoms with Crippen LogP contribution in [0.15, 0.2) is 346 Å². The van der Waals surface area contributed by atoms with Crippen molar-refractivity contribution in [2.45, 2.75) is 159 Å². The number of aryl methyl sites for hydroxylation is 5. The van der Waals surface area contributed by atoms with Gasteiger partial charge in [-0.15, -0.1) is 0 Å². The third-order valence-electron chi connectivity index (χ3n) is 13.7. The van der Waals surface area contributed by atoms with Crippen molar-refractivity contribution in [3.63, 3.8) is 0 Å². The van der Waals surface area contributed by atoms with Gasteiger partial charge in [0.05, 0.1) is 0 Å². The standard InChI is InChI=1S/C18H14.C12H10.4C11H10.C7H8.9C2H6/c1-3-7-15(8-4-1)17-11-13-18(14-12-17)16-9-5-2-6-10-16;1-3-7-11(8-4-1)12-9-5-2-6-10-12;2*1-9-5-4-7-10-6-2-3-8-11(9)10;2*1-9-6-7-10-4-2-3-5-11(10)8-9;1-7-5-3-2-4-6-7;9*1-2/h1-14H;1-10H;4*2-8H,1H3;2-6H,1H3;9*1-2H3. The molecule has 14 aromatic rings. The highest BCUT2D eigenvalue weighted by Gasteiger charge is 2.00. The maximum atomic E-state index is 2.20. The van der Waals surface area contributed by atoms with Gasteiger partial charge in [-0.25, -0.2) is 0 Å². The molecule has 14 aromatic carbocycles. The third kappa shape index (κ3) is 36.3. The molecule has 0 aliphatic rings. The Morgan fingerprint density at radius 2 is 0.333 bits per heavy atom. The van der Waals surface area contributed by atoms with Crippen LogP contribution < -0.4 is 0 Å². The molecule has 0 N–H and O–H groups in total. The first-order valence-corrected chi connectivity index (χ1v) is 36.9. The molecule has 99 heavy (non-hydrogen) atoms. The lowest BCUT2D eigenvalue weighted by Gasteiger charge is -2.04. The minimum Gasteiger partial charge on any atom is -0.0683 e. The molecule has 0 saturated heterocycles. The minimum absolute atomic E-state index is 1.26. The molecular formula is C99H126. The molecule has 0 saturated carbocycles. The topological polar surface area (TPSA) is 0 Å². The first-order valence-electron chi connectivity index (χ1n) is 36.9. The zero-order valence-corrected chi connectivity index (χ0v) is 65.4. The van der Waals surface area contributed by atoms with E-state index in [4.69, 9.17) is 0 Å². The van der Waals surface area contributed by atoms with Crippen molar-refractivity contribution in [3.05, 3.63) is 374 Å². The number of rotatable bonds is 3. The lowest BCUT2D eigenvalue weighted by molar-refractivity contribution is 1.48. The van der Waals surface area contributed by atoms with E-state index in [-0.39, 0.29) is 0 Å². The molecule has 0 heteroatoms. The highest BCUT2D eigenvalue weighted by Crippen LogP contribution is 2.25. The highest BCUT2D eigenvalue weighted by molar-refractivity contribution is 5.87. The maximum absolute atomic E-state index is 2.20. The van der Waals surface area contributed by atoms with E-state index in [1.54, 1.807) is 0 Å². The summed E-state index contributed by atoms with van der Waals surface area (Å²) >= 11 is 0. The summed E-state index contributed by atoms with van der Waals surface area (Å²) in [7, 11) is 0. The Labute approximate surface area is 605 Å². The molecule has 0 radical (unpaired) electrons. The van der Waals surface area contributed by atoms with E-state index in [0.717, 1.165) is 0 Å². The average Bonchev–Trinajstić information content (AvgIpc) is 0.984. The van der Waals surface area contributed by atoms with Gasteiger partial charge in [0, 0.05) is 0 Å². The van der Waals surface area contributed by atoms with E-state index in [1.807, 2.05) is 167 Å². The second-order valence-corrected chi connectivity index (χ2v) is 20.0. The van der Waals surface area contributed by atoms with Crippen molar-refractivity contribution >= 4 is 43.1 Å². The first kappa shape index (κ1) is 91.2. The van der Waals surface area contributed by atoms with Crippen LogP contribution >= 0.6 is 0 Å². The molecule has 0 heterocycles. The van der Waals surface area contributed by atoms with Crippen LogP contribution in [0.25, 0.3) is 76.5 Å². The van der Waals surface area contributed by atoms with E-state index < -0.39 is 0 Å². The van der Waals surface area contributed by atoms with Crippen LogP contribution in [0, 0.1) is 34.6 Å². The normalized spacial score (nSPS) is 8.76. The van der Waals surface area contributed by atoms with Crippen LogP contribution in [0.3, 0.4) is 0 Å². The molecule has 0 bridgehead atoms. The Hall–Kier alpha value is -9.88. The van der Waals surface area contributed by atoms with Gasteiger partial charge >= 0.3 is 0 Å². The molecule has 0 aliphatic carbocycles. The summed E-state index contributed by atoms with van der Waals surface area (Å²) in [6.45, 7) is 46.6. The zero-order valence-electron chi connectivity index (χ0n) is 65.4. The summed E-state index contributed by atoms with van der Waals surface area (Å²) in [5, 5.41) is 10.7. The van der Waals surface area contributed by atoms with Crippen molar-refractivity contribution in [2.75, 3.05) is 0 Å². The van der Waals surface area contributed by atoms with Crippen molar-refractivity contribution in [2.24, 2.45) is 0 Å². The van der Waals surface area contributed by atoms with Gasteiger partial charge in [0.15, 0.2) is 0 Å². The largest absolute Gasteiger partial charge is 0.0683 e. The molecule has 0 amide bonds. The van der Waals surface area contributed by atoms with Gasteiger partial charge in [-0.3, -0.25) is 0 Å². The molecule has 0 atom stereocenters. The fourth-order valence-corrected chi connectivity index (χ4v) is 9.30. The monoisotopic (exact) mass is 1310 g/mol. The molecule has 0 fully saturated rings. The van der Waals surface area contributed by atoms with E-state index in [0.29, 0.717) is 0 Å². The van der Waals surface area contributed by atoms with Crippen molar-refractivity contribution < 1.29 is 0 Å². The predicted octanol–water partition coefficient (Wildman–Crippen LogP) is 32.2. The molecule has 522 valence electrons. The van der Waals surface area contributed by atoms with E-state index in [1.165, 1.54) is 104 Å². The van der Waals surface area contributed by atoms with Gasteiger partial charge in [0.25, 0.3) is 0 Å². The van der Waals surface area contributed by atoms with E-state index in [9.17, 15) is 0 Å². The fraction of sp³-hybridized carbons (Fsp3) is 0.232. The number of benzene rings is 14. The minimum atomic E-state index is 1.26. The summed E-state index contributed by atoms with van der Waals surface area (Å²) in [6, 6.07) is 120. The number of hydrogen-bond acceptors (Lipinski definition) is 0. The Balaban J connectivity index is 0. The van der Waals surface area contributed by atoms with Crippen LogP contribution in [0.5, 0.6) is 0 Å². The van der Waals surface area contributed by atoms with Gasteiger partial charge < -0.3 is 0 Å². The van der Waals surface area contributed by atoms with Gasteiger partial charge in [-0.1, -0.05) is 487 Å². The molecule has 0 aromatic heterocycles. The summed E-state index contributed by atoms with van der Waals surface area (Å²) < 4.78 is 0. The van der Waals surface area contributed by atoms with Crippen LogP contribution in [0.1, 0.15) is 152 Å². The van der Waals surface area contributed by atoms with Crippen LogP contribution in [0.4, 0.5) is 0 Å². The Morgan fingerprint density at radius 1 is 0.131 bits per heavy atom. The van der Waals surface area contributed by atoms with Crippen molar-refractivity contribution in [1.82, 2.24) is 0 Å². The van der Waals surface area contributed by atoms with E-state index in [2.05, 4.69) is 338 Å². The molecule has 0 aliphatic heterocycles. The quantitative estimate of drug-likeness (QED) is 0.165.